The van der Waals surface area contributed by atoms with E-state index in [1.54, 1.807) is 5.57 Å². The van der Waals surface area contributed by atoms with Gasteiger partial charge in [0.05, 0.1) is 0 Å². The number of rotatable bonds is 3. The van der Waals surface area contributed by atoms with Gasteiger partial charge >= 0.3 is 0 Å². The zero-order valence-electron chi connectivity index (χ0n) is 12.1. The van der Waals surface area contributed by atoms with Crippen molar-refractivity contribution >= 4 is 0 Å². The van der Waals surface area contributed by atoms with Gasteiger partial charge in [0.2, 0.25) is 0 Å². The second kappa shape index (κ2) is 5.58. The van der Waals surface area contributed by atoms with Crippen LogP contribution in [-0.2, 0) is 4.84 Å². The SMILES string of the molecule is CC(C)C1CCC2=CC(ON)C=CC2C1C(C)C. The first kappa shape index (κ1) is 13.8. The molecule has 2 nitrogen and oxygen atoms in total. The molecule has 2 N–H and O–H groups in total. The van der Waals surface area contributed by atoms with Crippen LogP contribution in [0.15, 0.2) is 23.8 Å². The Morgan fingerprint density at radius 3 is 2.44 bits per heavy atom. The maximum atomic E-state index is 5.30. The molecule has 0 spiro atoms. The molecule has 2 aliphatic carbocycles. The molecular weight excluding hydrogens is 222 g/mol. The molecule has 0 aliphatic heterocycles. The molecule has 1 fully saturated rings. The second-order valence-electron chi connectivity index (χ2n) is 6.52. The minimum atomic E-state index is -0.0142. The number of nitrogens with two attached hydrogens (primary N) is 1. The van der Waals surface area contributed by atoms with Gasteiger partial charge in [0.15, 0.2) is 0 Å². The van der Waals surface area contributed by atoms with Crippen LogP contribution in [0.5, 0.6) is 0 Å². The lowest BCUT2D eigenvalue weighted by atomic mass is 9.61. The van der Waals surface area contributed by atoms with Crippen molar-refractivity contribution in [3.63, 3.8) is 0 Å². The van der Waals surface area contributed by atoms with Crippen molar-refractivity contribution in [2.45, 2.75) is 46.6 Å². The molecule has 0 aromatic carbocycles. The zero-order chi connectivity index (χ0) is 13.3. The minimum absolute atomic E-state index is 0.0142. The molecule has 0 bridgehead atoms. The molecule has 0 amide bonds. The molecule has 0 saturated heterocycles. The van der Waals surface area contributed by atoms with Crippen molar-refractivity contribution < 1.29 is 4.84 Å². The average Bonchev–Trinajstić information content (AvgIpc) is 2.36. The van der Waals surface area contributed by atoms with E-state index in [-0.39, 0.29) is 6.10 Å². The summed E-state index contributed by atoms with van der Waals surface area (Å²) in [6.45, 7) is 9.46. The fraction of sp³-hybridized carbons (Fsp3) is 0.750. The van der Waals surface area contributed by atoms with Crippen LogP contribution in [0.3, 0.4) is 0 Å². The quantitative estimate of drug-likeness (QED) is 0.611. The third kappa shape index (κ3) is 2.55. The molecule has 18 heavy (non-hydrogen) atoms. The lowest BCUT2D eigenvalue weighted by Gasteiger charge is -2.44. The lowest BCUT2D eigenvalue weighted by molar-refractivity contribution is 0.100. The summed E-state index contributed by atoms with van der Waals surface area (Å²) >= 11 is 0. The van der Waals surface area contributed by atoms with Crippen molar-refractivity contribution in [3.05, 3.63) is 23.8 Å². The van der Waals surface area contributed by atoms with Gasteiger partial charge in [-0.1, -0.05) is 51.5 Å². The molecule has 2 aliphatic rings. The topological polar surface area (TPSA) is 35.2 Å². The zero-order valence-corrected chi connectivity index (χ0v) is 12.1. The summed E-state index contributed by atoms with van der Waals surface area (Å²) in [5, 5.41) is 0. The average molecular weight is 249 g/mol. The Bertz CT molecular complexity index is 343. The first-order valence-electron chi connectivity index (χ1n) is 7.29. The summed E-state index contributed by atoms with van der Waals surface area (Å²) in [6.07, 6.45) is 9.20. The highest BCUT2D eigenvalue weighted by atomic mass is 16.6. The van der Waals surface area contributed by atoms with Crippen LogP contribution >= 0.6 is 0 Å². The van der Waals surface area contributed by atoms with E-state index in [2.05, 4.69) is 45.9 Å². The van der Waals surface area contributed by atoms with Gasteiger partial charge in [0, 0.05) is 5.92 Å². The highest BCUT2D eigenvalue weighted by Gasteiger charge is 2.39. The van der Waals surface area contributed by atoms with Gasteiger partial charge in [-0.05, 0) is 36.5 Å². The first-order valence-corrected chi connectivity index (χ1v) is 7.29. The number of hydrogen-bond donors (Lipinski definition) is 1. The van der Waals surface area contributed by atoms with Gasteiger partial charge in [0.1, 0.15) is 6.10 Å². The largest absolute Gasteiger partial charge is 0.293 e. The summed E-state index contributed by atoms with van der Waals surface area (Å²) in [7, 11) is 0. The first-order chi connectivity index (χ1) is 8.54. The van der Waals surface area contributed by atoms with Gasteiger partial charge < -0.3 is 0 Å². The van der Waals surface area contributed by atoms with Crippen LogP contribution in [0, 0.1) is 29.6 Å². The Morgan fingerprint density at radius 1 is 1.17 bits per heavy atom. The molecule has 4 unspecified atom stereocenters. The van der Waals surface area contributed by atoms with Crippen molar-refractivity contribution in [2.24, 2.45) is 35.5 Å². The van der Waals surface area contributed by atoms with E-state index in [4.69, 9.17) is 10.7 Å². The van der Waals surface area contributed by atoms with Crippen molar-refractivity contribution in [1.29, 1.82) is 0 Å². The van der Waals surface area contributed by atoms with Crippen molar-refractivity contribution in [1.82, 2.24) is 0 Å². The highest BCUT2D eigenvalue weighted by molar-refractivity contribution is 5.27. The van der Waals surface area contributed by atoms with Crippen LogP contribution in [0.1, 0.15) is 40.5 Å². The van der Waals surface area contributed by atoms with Crippen LogP contribution in [-0.4, -0.2) is 6.10 Å². The Morgan fingerprint density at radius 2 is 1.89 bits per heavy atom. The Balaban J connectivity index is 2.24. The van der Waals surface area contributed by atoms with Gasteiger partial charge in [-0.25, -0.2) is 5.90 Å². The normalized spacial score (nSPS) is 35.8. The molecule has 0 aromatic heterocycles. The Labute approximate surface area is 111 Å². The van der Waals surface area contributed by atoms with E-state index in [0.717, 1.165) is 23.7 Å². The fourth-order valence-electron chi connectivity index (χ4n) is 3.92. The predicted molar refractivity (Wildman–Crippen MR) is 75.7 cm³/mol. The minimum Gasteiger partial charge on any atom is -0.293 e. The predicted octanol–water partition coefficient (Wildman–Crippen LogP) is 3.70. The van der Waals surface area contributed by atoms with Crippen LogP contribution in [0.2, 0.25) is 0 Å². The van der Waals surface area contributed by atoms with E-state index in [0.29, 0.717) is 5.92 Å². The van der Waals surface area contributed by atoms with Crippen molar-refractivity contribution in [2.75, 3.05) is 0 Å². The van der Waals surface area contributed by atoms with E-state index < -0.39 is 0 Å². The standard InChI is InChI=1S/C16H27NO/c1-10(2)14-7-5-12-9-13(18-17)6-8-15(12)16(14)11(3)4/h6,8-11,13-16H,5,7,17H2,1-4H3. The third-order valence-corrected chi connectivity index (χ3v) is 4.77. The number of fused-ring (bicyclic) bond motifs is 1. The molecular formula is C16H27NO. The monoisotopic (exact) mass is 249 g/mol. The molecule has 0 radical (unpaired) electrons. The third-order valence-electron chi connectivity index (χ3n) is 4.77. The molecule has 1 saturated carbocycles. The lowest BCUT2D eigenvalue weighted by Crippen LogP contribution is -2.37. The summed E-state index contributed by atoms with van der Waals surface area (Å²) in [5.41, 5.74) is 1.54. The summed E-state index contributed by atoms with van der Waals surface area (Å²) in [6, 6.07) is 0. The smallest absolute Gasteiger partial charge is 0.115 e. The van der Waals surface area contributed by atoms with Crippen molar-refractivity contribution in [3.8, 4) is 0 Å². The number of allylic oxidation sites excluding steroid dienone is 2. The fourth-order valence-corrected chi connectivity index (χ4v) is 3.92. The Hall–Kier alpha value is -0.600. The highest BCUT2D eigenvalue weighted by Crippen LogP contribution is 2.47. The van der Waals surface area contributed by atoms with Gasteiger partial charge in [-0.2, -0.15) is 0 Å². The van der Waals surface area contributed by atoms with E-state index in [1.165, 1.54) is 12.8 Å². The molecule has 4 atom stereocenters. The summed E-state index contributed by atoms with van der Waals surface area (Å²) in [4.78, 5) is 4.95. The number of hydrogen-bond acceptors (Lipinski definition) is 2. The molecule has 102 valence electrons. The molecule has 2 rings (SSSR count). The van der Waals surface area contributed by atoms with E-state index in [9.17, 15) is 0 Å². The second-order valence-corrected chi connectivity index (χ2v) is 6.52. The van der Waals surface area contributed by atoms with Crippen LogP contribution in [0.25, 0.3) is 0 Å². The van der Waals surface area contributed by atoms with E-state index in [1.807, 2.05) is 0 Å². The summed E-state index contributed by atoms with van der Waals surface area (Å²) < 4.78 is 0. The van der Waals surface area contributed by atoms with Crippen LogP contribution < -0.4 is 5.90 Å². The maximum absolute atomic E-state index is 5.30. The van der Waals surface area contributed by atoms with Gasteiger partial charge in [-0.15, -0.1) is 0 Å². The maximum Gasteiger partial charge on any atom is 0.115 e. The molecule has 0 heterocycles. The summed E-state index contributed by atoms with van der Waals surface area (Å²) in [5.74, 6) is 9.01. The molecule has 0 aromatic rings. The molecule has 2 heteroatoms. The Kier molecular flexibility index (Phi) is 4.29. The van der Waals surface area contributed by atoms with Crippen LogP contribution in [0.4, 0.5) is 0 Å². The van der Waals surface area contributed by atoms with Gasteiger partial charge in [-0.3, -0.25) is 4.84 Å². The van der Waals surface area contributed by atoms with Gasteiger partial charge in [0.25, 0.3) is 0 Å². The van der Waals surface area contributed by atoms with E-state index >= 15 is 0 Å².